The lowest BCUT2D eigenvalue weighted by Gasteiger charge is -2.34. The summed E-state index contributed by atoms with van der Waals surface area (Å²) >= 11 is 0. The molecule has 8 aromatic carbocycles. The molecular weight excluding hydrogens is 725 g/mol. The van der Waals surface area contributed by atoms with Gasteiger partial charge in [-0.15, -0.1) is 0 Å². The highest BCUT2D eigenvalue weighted by molar-refractivity contribution is 5.92. The molecule has 0 heterocycles. The summed E-state index contributed by atoms with van der Waals surface area (Å²) in [5.41, 5.74) is 27.6. The molecule has 2 nitrogen and oxygen atoms in total. The van der Waals surface area contributed by atoms with E-state index in [1.165, 1.54) is 100 Å². The molecule has 0 saturated carbocycles. The molecular formula is C58H56N2. The van der Waals surface area contributed by atoms with Gasteiger partial charge in [0.25, 0.3) is 0 Å². The molecule has 298 valence electrons. The van der Waals surface area contributed by atoms with E-state index in [1.807, 2.05) is 0 Å². The van der Waals surface area contributed by atoms with Gasteiger partial charge in [0.2, 0.25) is 0 Å². The molecule has 8 rings (SSSR count). The molecule has 0 atom stereocenters. The summed E-state index contributed by atoms with van der Waals surface area (Å²) < 4.78 is 0. The van der Waals surface area contributed by atoms with Gasteiger partial charge in [0.05, 0.1) is 11.4 Å². The summed E-state index contributed by atoms with van der Waals surface area (Å²) in [6.07, 6.45) is 0. The van der Waals surface area contributed by atoms with Gasteiger partial charge >= 0.3 is 0 Å². The van der Waals surface area contributed by atoms with Crippen LogP contribution in [0.3, 0.4) is 0 Å². The predicted molar refractivity (Wildman–Crippen MR) is 259 cm³/mol. The van der Waals surface area contributed by atoms with Crippen molar-refractivity contribution in [2.45, 2.75) is 69.2 Å². The molecule has 60 heavy (non-hydrogen) atoms. The Morgan fingerprint density at radius 2 is 0.550 bits per heavy atom. The number of rotatable bonds is 9. The Balaban J connectivity index is 1.28. The van der Waals surface area contributed by atoms with Crippen molar-refractivity contribution in [1.29, 1.82) is 0 Å². The monoisotopic (exact) mass is 780 g/mol. The Labute approximate surface area is 358 Å². The first kappa shape index (κ1) is 40.2. The smallest absolute Gasteiger partial charge is 0.0525 e. The Hall–Kier alpha value is -6.64. The number of hydrogen-bond donors (Lipinski definition) is 0. The highest BCUT2D eigenvalue weighted by Gasteiger charge is 2.28. The van der Waals surface area contributed by atoms with E-state index >= 15 is 0 Å². The van der Waals surface area contributed by atoms with Crippen LogP contribution < -0.4 is 9.80 Å². The van der Waals surface area contributed by atoms with Crippen molar-refractivity contribution in [3.8, 4) is 33.4 Å². The van der Waals surface area contributed by atoms with Crippen LogP contribution in [-0.2, 0) is 0 Å². The van der Waals surface area contributed by atoms with E-state index in [0.29, 0.717) is 0 Å². The minimum atomic E-state index is 1.15. The van der Waals surface area contributed by atoms with E-state index in [2.05, 4.69) is 237 Å². The van der Waals surface area contributed by atoms with Gasteiger partial charge in [0, 0.05) is 22.7 Å². The number of nitrogens with zero attached hydrogens (tertiary/aromatic N) is 2. The van der Waals surface area contributed by atoms with Crippen molar-refractivity contribution in [3.63, 3.8) is 0 Å². The maximum Gasteiger partial charge on any atom is 0.0525 e. The molecule has 0 aromatic heterocycles. The molecule has 2 heteroatoms. The molecule has 0 saturated heterocycles. The van der Waals surface area contributed by atoms with Gasteiger partial charge in [-0.25, -0.2) is 0 Å². The molecule has 0 aliphatic heterocycles. The van der Waals surface area contributed by atoms with E-state index in [9.17, 15) is 0 Å². The average Bonchev–Trinajstić information content (AvgIpc) is 3.27. The normalized spacial score (nSPS) is 11.2. The van der Waals surface area contributed by atoms with Crippen LogP contribution in [0.4, 0.5) is 34.1 Å². The molecule has 8 aromatic rings. The van der Waals surface area contributed by atoms with E-state index < -0.39 is 0 Å². The van der Waals surface area contributed by atoms with Crippen molar-refractivity contribution in [3.05, 3.63) is 213 Å². The zero-order valence-electron chi connectivity index (χ0n) is 36.9. The summed E-state index contributed by atoms with van der Waals surface area (Å²) in [6.45, 7) is 23.0. The predicted octanol–water partition coefficient (Wildman–Crippen LogP) is 16.7. The minimum absolute atomic E-state index is 1.15. The number of anilines is 6. The van der Waals surface area contributed by atoms with E-state index in [4.69, 9.17) is 0 Å². The molecule has 0 N–H and O–H groups in total. The third-order valence-electron chi connectivity index (χ3n) is 12.9. The van der Waals surface area contributed by atoms with Crippen molar-refractivity contribution in [2.75, 3.05) is 9.80 Å². The van der Waals surface area contributed by atoms with Crippen molar-refractivity contribution >= 4 is 34.1 Å². The highest BCUT2D eigenvalue weighted by atomic mass is 15.2. The summed E-state index contributed by atoms with van der Waals surface area (Å²) in [6, 6.07) is 57.2. The fourth-order valence-corrected chi connectivity index (χ4v) is 9.22. The zero-order valence-corrected chi connectivity index (χ0v) is 36.9. The minimum Gasteiger partial charge on any atom is -0.310 e. The van der Waals surface area contributed by atoms with Crippen LogP contribution in [-0.4, -0.2) is 0 Å². The largest absolute Gasteiger partial charge is 0.310 e. The van der Waals surface area contributed by atoms with Gasteiger partial charge in [0.15, 0.2) is 0 Å². The SMILES string of the molecule is Cc1cccc(N(c2ccc(-c3ccccc3)cc2)c2c(C)c(C)c(-c3c(C)c(C)c(N(c4ccc(-c5ccccc5)cc4)c4cccc(C)c4)c(C)c3C)c(C)c2C)c1. The average molecular weight is 781 g/mol. The summed E-state index contributed by atoms with van der Waals surface area (Å²) in [7, 11) is 0. The molecule has 0 unspecified atom stereocenters. The number of hydrogen-bond acceptors (Lipinski definition) is 2. The van der Waals surface area contributed by atoms with Gasteiger partial charge in [-0.3, -0.25) is 0 Å². The first-order valence-electron chi connectivity index (χ1n) is 21.2. The molecule has 0 bridgehead atoms. The maximum atomic E-state index is 2.47. The highest BCUT2D eigenvalue weighted by Crippen LogP contribution is 2.49. The zero-order chi connectivity index (χ0) is 42.2. The van der Waals surface area contributed by atoms with Crippen LogP contribution >= 0.6 is 0 Å². The van der Waals surface area contributed by atoms with Crippen LogP contribution in [0.1, 0.15) is 55.6 Å². The van der Waals surface area contributed by atoms with Gasteiger partial charge in [-0.05, 0) is 207 Å². The van der Waals surface area contributed by atoms with E-state index in [-0.39, 0.29) is 0 Å². The lowest BCUT2D eigenvalue weighted by atomic mass is 9.81. The Morgan fingerprint density at radius 3 is 0.850 bits per heavy atom. The lowest BCUT2D eigenvalue weighted by molar-refractivity contribution is 1.14. The molecule has 0 spiro atoms. The van der Waals surface area contributed by atoms with Crippen LogP contribution in [0.2, 0.25) is 0 Å². The molecule has 0 fully saturated rings. The third kappa shape index (κ3) is 7.32. The molecule has 0 amide bonds. The number of benzene rings is 8. The van der Waals surface area contributed by atoms with Gasteiger partial charge in [0.1, 0.15) is 0 Å². The van der Waals surface area contributed by atoms with Crippen LogP contribution in [0.25, 0.3) is 33.4 Å². The van der Waals surface area contributed by atoms with Gasteiger partial charge in [-0.1, -0.05) is 109 Å². The molecule has 0 radical (unpaired) electrons. The number of aryl methyl sites for hydroxylation is 2. The van der Waals surface area contributed by atoms with Crippen molar-refractivity contribution < 1.29 is 0 Å². The van der Waals surface area contributed by atoms with Gasteiger partial charge < -0.3 is 9.80 Å². The topological polar surface area (TPSA) is 6.48 Å². The van der Waals surface area contributed by atoms with Crippen LogP contribution in [0.5, 0.6) is 0 Å². The second kappa shape index (κ2) is 16.5. The van der Waals surface area contributed by atoms with Gasteiger partial charge in [-0.2, -0.15) is 0 Å². The summed E-state index contributed by atoms with van der Waals surface area (Å²) in [5, 5.41) is 0. The summed E-state index contributed by atoms with van der Waals surface area (Å²) in [4.78, 5) is 4.94. The lowest BCUT2D eigenvalue weighted by Crippen LogP contribution is -2.17. The summed E-state index contributed by atoms with van der Waals surface area (Å²) in [5.74, 6) is 0. The van der Waals surface area contributed by atoms with Crippen molar-refractivity contribution in [2.24, 2.45) is 0 Å². The van der Waals surface area contributed by atoms with E-state index in [0.717, 1.165) is 22.7 Å². The second-order valence-electron chi connectivity index (χ2n) is 16.6. The fraction of sp³-hybridized carbons (Fsp3) is 0.172. The van der Waals surface area contributed by atoms with Crippen LogP contribution in [0, 0.1) is 69.2 Å². The van der Waals surface area contributed by atoms with Crippen molar-refractivity contribution in [1.82, 2.24) is 0 Å². The Kier molecular flexibility index (Phi) is 11.1. The Bertz CT molecular complexity index is 2570. The molecule has 0 aliphatic rings. The quantitative estimate of drug-likeness (QED) is 0.144. The maximum absolute atomic E-state index is 2.47. The Morgan fingerprint density at radius 1 is 0.250 bits per heavy atom. The fourth-order valence-electron chi connectivity index (χ4n) is 9.22. The first-order valence-corrected chi connectivity index (χ1v) is 21.2. The molecule has 0 aliphatic carbocycles. The second-order valence-corrected chi connectivity index (χ2v) is 16.6. The van der Waals surface area contributed by atoms with Crippen LogP contribution in [0.15, 0.2) is 158 Å². The third-order valence-corrected chi connectivity index (χ3v) is 12.9. The van der Waals surface area contributed by atoms with E-state index in [1.54, 1.807) is 0 Å². The first-order chi connectivity index (χ1) is 28.9. The standard InChI is InChI=1S/C58H56N2/c1-37-19-17-25-53(35-37)59(51-31-27-49(28-32-51)47-21-13-11-14-22-47)57-43(7)39(3)55(40(4)44(57)8)56-41(5)45(9)58(46(10)42(56)6)60(54-26-18-20-38(2)36-54)52-33-29-50(30-34-52)48-23-15-12-16-24-48/h11-36H,1-10H3.